The molecule has 1 heterocycles. The smallest absolute Gasteiger partial charge is 0.132 e. The van der Waals surface area contributed by atoms with Crippen LogP contribution in [0.1, 0.15) is 18.9 Å². The highest BCUT2D eigenvalue weighted by atomic mass is 79.9. The molecule has 0 saturated heterocycles. The number of rotatable bonds is 3. The number of carbonyl (C=O) groups is 1. The van der Waals surface area contributed by atoms with E-state index >= 15 is 0 Å². The fourth-order valence-corrected chi connectivity index (χ4v) is 1.53. The van der Waals surface area contributed by atoms with Gasteiger partial charge in [-0.15, -0.1) is 0 Å². The molecule has 13 heavy (non-hydrogen) atoms. The number of nitrogens with zero attached hydrogens (tertiary/aromatic N) is 1. The van der Waals surface area contributed by atoms with Crippen LogP contribution in [-0.4, -0.2) is 10.8 Å². The Bertz CT molecular complexity index is 327. The summed E-state index contributed by atoms with van der Waals surface area (Å²) in [4.78, 5) is 14.7. The normalized spacial score (nSPS) is 10.1. The summed E-state index contributed by atoms with van der Waals surface area (Å²) >= 11 is 9.13. The minimum atomic E-state index is 0.163. The Kier molecular flexibility index (Phi) is 3.88. The van der Waals surface area contributed by atoms with Gasteiger partial charge in [0.1, 0.15) is 10.9 Å². The van der Waals surface area contributed by atoms with Crippen LogP contribution in [-0.2, 0) is 11.2 Å². The molecule has 1 rings (SSSR count). The van der Waals surface area contributed by atoms with E-state index in [-0.39, 0.29) is 5.78 Å². The second kappa shape index (κ2) is 4.72. The van der Waals surface area contributed by atoms with Gasteiger partial charge in [-0.25, -0.2) is 4.98 Å². The van der Waals surface area contributed by atoms with Gasteiger partial charge in [0.2, 0.25) is 0 Å². The molecule has 0 spiro atoms. The zero-order chi connectivity index (χ0) is 9.84. The summed E-state index contributed by atoms with van der Waals surface area (Å²) < 4.78 is 0.885. The maximum Gasteiger partial charge on any atom is 0.132 e. The second-order valence-electron chi connectivity index (χ2n) is 2.81. The first-order valence-corrected chi connectivity index (χ1v) is 5.06. The average Bonchev–Trinajstić information content (AvgIpc) is 2.06. The lowest BCUT2D eigenvalue weighted by atomic mass is 10.1. The van der Waals surface area contributed by atoms with Gasteiger partial charge in [0.15, 0.2) is 0 Å². The molecule has 0 bridgehead atoms. The maximum atomic E-state index is 10.7. The summed E-state index contributed by atoms with van der Waals surface area (Å²) in [5, 5.41) is 0.476. The number of Topliss-reactive ketones (excluding diaryl/α,β-unsaturated/α-hetero) is 1. The molecule has 0 saturated carbocycles. The summed E-state index contributed by atoms with van der Waals surface area (Å²) in [6, 6.07) is 1.89. The zero-order valence-corrected chi connectivity index (χ0v) is 9.52. The molecule has 0 aliphatic rings. The number of halogens is 2. The van der Waals surface area contributed by atoms with Gasteiger partial charge >= 0.3 is 0 Å². The van der Waals surface area contributed by atoms with Crippen molar-refractivity contribution in [2.24, 2.45) is 0 Å². The van der Waals surface area contributed by atoms with Crippen LogP contribution in [0, 0.1) is 0 Å². The Hall–Kier alpha value is -0.410. The highest BCUT2D eigenvalue weighted by Gasteiger charge is 2.03. The Morgan fingerprint density at radius 2 is 2.38 bits per heavy atom. The predicted molar refractivity (Wildman–Crippen MR) is 55.9 cm³/mol. The molecule has 70 valence electrons. The van der Waals surface area contributed by atoms with Crippen LogP contribution in [0.3, 0.4) is 0 Å². The topological polar surface area (TPSA) is 30.0 Å². The number of carbonyl (C=O) groups excluding carboxylic acids is 1. The number of aryl methyl sites for hydroxylation is 1. The van der Waals surface area contributed by atoms with Crippen molar-refractivity contribution in [3.8, 4) is 0 Å². The molecule has 1 aromatic rings. The lowest BCUT2D eigenvalue weighted by Gasteiger charge is -2.01. The molecule has 0 N–H and O–H groups in total. The van der Waals surface area contributed by atoms with E-state index in [9.17, 15) is 4.79 Å². The van der Waals surface area contributed by atoms with Crippen LogP contribution < -0.4 is 0 Å². The van der Waals surface area contributed by atoms with Crippen LogP contribution >= 0.6 is 27.5 Å². The van der Waals surface area contributed by atoms with Crippen molar-refractivity contribution in [3.63, 3.8) is 0 Å². The lowest BCUT2D eigenvalue weighted by molar-refractivity contribution is -0.116. The van der Waals surface area contributed by atoms with Gasteiger partial charge in [-0.2, -0.15) is 0 Å². The van der Waals surface area contributed by atoms with Crippen LogP contribution in [0.2, 0.25) is 5.15 Å². The number of pyridine rings is 1. The summed E-state index contributed by atoms with van der Waals surface area (Å²) in [7, 11) is 0. The molecule has 0 unspecified atom stereocenters. The van der Waals surface area contributed by atoms with Gasteiger partial charge < -0.3 is 4.79 Å². The van der Waals surface area contributed by atoms with Gasteiger partial charge in [-0.3, -0.25) is 0 Å². The van der Waals surface area contributed by atoms with Gasteiger partial charge in [-0.1, -0.05) is 11.6 Å². The first-order valence-electron chi connectivity index (χ1n) is 3.89. The molecule has 0 aliphatic carbocycles. The van der Waals surface area contributed by atoms with Crippen molar-refractivity contribution < 1.29 is 4.79 Å². The Morgan fingerprint density at radius 1 is 1.69 bits per heavy atom. The van der Waals surface area contributed by atoms with E-state index in [1.54, 1.807) is 13.1 Å². The van der Waals surface area contributed by atoms with Crippen LogP contribution in [0.4, 0.5) is 0 Å². The second-order valence-corrected chi connectivity index (χ2v) is 4.08. The molecule has 0 fully saturated rings. The lowest BCUT2D eigenvalue weighted by Crippen LogP contribution is -1.95. The maximum absolute atomic E-state index is 10.7. The molecule has 1 aromatic heterocycles. The number of hydrogen-bond donors (Lipinski definition) is 0. The first kappa shape index (κ1) is 10.7. The quantitative estimate of drug-likeness (QED) is 0.784. The van der Waals surface area contributed by atoms with E-state index in [0.29, 0.717) is 18.0 Å². The molecule has 0 aromatic carbocycles. The van der Waals surface area contributed by atoms with E-state index in [0.717, 1.165) is 10.0 Å². The summed E-state index contributed by atoms with van der Waals surface area (Å²) in [5.74, 6) is 0.163. The van der Waals surface area contributed by atoms with E-state index < -0.39 is 0 Å². The molecule has 0 atom stereocenters. The fraction of sp³-hybridized carbons (Fsp3) is 0.333. The molecular formula is C9H9BrClNO. The van der Waals surface area contributed by atoms with Gasteiger partial charge in [-0.05, 0) is 40.9 Å². The highest BCUT2D eigenvalue weighted by Crippen LogP contribution is 2.19. The van der Waals surface area contributed by atoms with Crippen LogP contribution in [0.15, 0.2) is 16.7 Å². The summed E-state index contributed by atoms with van der Waals surface area (Å²) in [6.07, 6.45) is 2.80. The Balaban J connectivity index is 2.75. The number of hydrogen-bond acceptors (Lipinski definition) is 2. The van der Waals surface area contributed by atoms with Crippen molar-refractivity contribution >= 4 is 33.3 Å². The van der Waals surface area contributed by atoms with Crippen molar-refractivity contribution in [1.29, 1.82) is 0 Å². The van der Waals surface area contributed by atoms with Gasteiger partial charge in [0.25, 0.3) is 0 Å². The highest BCUT2D eigenvalue weighted by molar-refractivity contribution is 9.10. The monoisotopic (exact) mass is 261 g/mol. The standard InChI is InChI=1S/C9H9BrClNO/c1-6(13)2-3-7-4-8(10)5-12-9(7)11/h4-5H,2-3H2,1H3. The SMILES string of the molecule is CC(=O)CCc1cc(Br)cnc1Cl. The minimum Gasteiger partial charge on any atom is -0.300 e. The van der Waals surface area contributed by atoms with Crippen molar-refractivity contribution in [1.82, 2.24) is 4.98 Å². The third kappa shape index (κ3) is 3.44. The summed E-state index contributed by atoms with van der Waals surface area (Å²) in [6.45, 7) is 1.57. The molecule has 0 radical (unpaired) electrons. The largest absolute Gasteiger partial charge is 0.300 e. The van der Waals surface area contributed by atoms with E-state index in [2.05, 4.69) is 20.9 Å². The minimum absolute atomic E-state index is 0.163. The van der Waals surface area contributed by atoms with E-state index in [1.807, 2.05) is 6.07 Å². The molecular weight excluding hydrogens is 253 g/mol. The Labute approximate surface area is 90.4 Å². The molecule has 2 nitrogen and oxygen atoms in total. The number of ketones is 1. The van der Waals surface area contributed by atoms with Gasteiger partial charge in [0.05, 0.1) is 0 Å². The van der Waals surface area contributed by atoms with Crippen molar-refractivity contribution in [3.05, 3.63) is 27.5 Å². The molecule has 0 aliphatic heterocycles. The van der Waals surface area contributed by atoms with Crippen LogP contribution in [0.25, 0.3) is 0 Å². The van der Waals surface area contributed by atoms with Gasteiger partial charge in [0, 0.05) is 17.1 Å². The summed E-state index contributed by atoms with van der Waals surface area (Å²) in [5.41, 5.74) is 0.909. The molecule has 0 amide bonds. The number of aromatic nitrogens is 1. The van der Waals surface area contributed by atoms with Crippen LogP contribution in [0.5, 0.6) is 0 Å². The van der Waals surface area contributed by atoms with E-state index in [4.69, 9.17) is 11.6 Å². The molecule has 4 heteroatoms. The third-order valence-corrected chi connectivity index (χ3v) is 2.40. The average molecular weight is 263 g/mol. The predicted octanol–water partition coefficient (Wildman–Crippen LogP) is 3.02. The first-order chi connectivity index (χ1) is 6.09. The zero-order valence-electron chi connectivity index (χ0n) is 7.18. The van der Waals surface area contributed by atoms with Crippen molar-refractivity contribution in [2.45, 2.75) is 19.8 Å². The van der Waals surface area contributed by atoms with E-state index in [1.165, 1.54) is 0 Å². The van der Waals surface area contributed by atoms with Crippen molar-refractivity contribution in [2.75, 3.05) is 0 Å². The fourth-order valence-electron chi connectivity index (χ4n) is 0.951. The Morgan fingerprint density at radius 3 is 3.00 bits per heavy atom. The third-order valence-electron chi connectivity index (χ3n) is 1.62.